The maximum Gasteiger partial charge on any atom is 0.230 e. The molecule has 1 atom stereocenters. The lowest BCUT2D eigenvalue weighted by atomic mass is 9.77. The number of rotatable bonds is 4. The highest BCUT2D eigenvalue weighted by atomic mass is 32.1. The molecule has 0 N–H and O–H groups in total. The van der Waals surface area contributed by atoms with Crippen molar-refractivity contribution < 1.29 is 9.59 Å². The molecule has 5 nitrogen and oxygen atoms in total. The summed E-state index contributed by atoms with van der Waals surface area (Å²) in [5.41, 5.74) is 2.64. The van der Waals surface area contributed by atoms with Crippen molar-refractivity contribution in [1.82, 2.24) is 14.8 Å². The van der Waals surface area contributed by atoms with Gasteiger partial charge in [0.2, 0.25) is 11.8 Å². The van der Waals surface area contributed by atoms with Crippen LogP contribution in [0.3, 0.4) is 0 Å². The number of piperidine rings is 1. The van der Waals surface area contributed by atoms with Gasteiger partial charge in [-0.15, -0.1) is 11.3 Å². The molecule has 1 aromatic rings. The van der Waals surface area contributed by atoms with Crippen molar-refractivity contribution in [2.45, 2.75) is 59.8 Å². The smallest absolute Gasteiger partial charge is 0.230 e. The predicted molar refractivity (Wildman–Crippen MR) is 104 cm³/mol. The number of carbonyl (C=O) groups excluding carboxylic acids is 2. The highest BCUT2D eigenvalue weighted by Crippen LogP contribution is 2.41. The molecule has 2 aliphatic rings. The quantitative estimate of drug-likeness (QED) is 0.809. The Morgan fingerprint density at radius 1 is 1.31 bits per heavy atom. The topological polar surface area (TPSA) is 53.5 Å². The Kier molecular flexibility index (Phi) is 5.42. The summed E-state index contributed by atoms with van der Waals surface area (Å²) >= 11 is 1.62. The van der Waals surface area contributed by atoms with Gasteiger partial charge >= 0.3 is 0 Å². The number of nitrogens with zero attached hydrogens (tertiary/aromatic N) is 3. The van der Waals surface area contributed by atoms with Crippen LogP contribution >= 0.6 is 11.3 Å². The van der Waals surface area contributed by atoms with E-state index in [2.05, 4.69) is 25.8 Å². The van der Waals surface area contributed by atoms with Gasteiger partial charge in [0.15, 0.2) is 0 Å². The maximum absolute atomic E-state index is 13.2. The molecule has 1 spiro atoms. The first-order valence-electron chi connectivity index (χ1n) is 9.66. The van der Waals surface area contributed by atoms with E-state index in [1.165, 1.54) is 4.88 Å². The molecule has 0 unspecified atom stereocenters. The Hall–Kier alpha value is -1.43. The Bertz CT molecular complexity index is 679. The molecule has 0 aromatic carbocycles. The fourth-order valence-corrected chi connectivity index (χ4v) is 5.07. The average molecular weight is 378 g/mol. The highest BCUT2D eigenvalue weighted by molar-refractivity contribution is 7.09. The van der Waals surface area contributed by atoms with Crippen molar-refractivity contribution in [1.29, 1.82) is 0 Å². The zero-order valence-corrected chi connectivity index (χ0v) is 17.3. The van der Waals surface area contributed by atoms with E-state index in [9.17, 15) is 9.59 Å². The summed E-state index contributed by atoms with van der Waals surface area (Å²) in [6, 6.07) is 0. The third-order valence-corrected chi connectivity index (χ3v) is 6.60. The van der Waals surface area contributed by atoms with Crippen LogP contribution in [0.1, 0.15) is 57.0 Å². The van der Waals surface area contributed by atoms with E-state index < -0.39 is 0 Å². The SMILES string of the molecule is Cc1ncsc1CCC(=O)N1CC[C@@]2(CCCN(CC(C)(C)C)C2=O)C1. The van der Waals surface area contributed by atoms with Crippen LogP contribution in [-0.4, -0.2) is 52.8 Å². The van der Waals surface area contributed by atoms with Crippen molar-refractivity contribution in [3.8, 4) is 0 Å². The van der Waals surface area contributed by atoms with Crippen LogP contribution in [0.25, 0.3) is 0 Å². The molecule has 3 rings (SSSR count). The molecule has 0 bridgehead atoms. The van der Waals surface area contributed by atoms with Crippen LogP contribution in [0, 0.1) is 17.8 Å². The second-order valence-corrected chi connectivity index (χ2v) is 10.0. The monoisotopic (exact) mass is 377 g/mol. The zero-order valence-electron chi connectivity index (χ0n) is 16.5. The molecule has 1 aromatic heterocycles. The number of carbonyl (C=O) groups is 2. The third-order valence-electron chi connectivity index (χ3n) is 5.61. The Morgan fingerprint density at radius 3 is 2.73 bits per heavy atom. The number of amides is 2. The Balaban J connectivity index is 1.60. The fourth-order valence-electron chi connectivity index (χ4n) is 4.28. The number of thiazole rings is 1. The first-order valence-corrected chi connectivity index (χ1v) is 10.5. The van der Waals surface area contributed by atoms with E-state index in [4.69, 9.17) is 0 Å². The van der Waals surface area contributed by atoms with Crippen molar-refractivity contribution in [2.75, 3.05) is 26.2 Å². The first kappa shape index (κ1) is 19.3. The lowest BCUT2D eigenvalue weighted by Crippen LogP contribution is -2.52. The number of aryl methyl sites for hydroxylation is 2. The van der Waals surface area contributed by atoms with Gasteiger partial charge in [0.25, 0.3) is 0 Å². The molecule has 0 saturated carbocycles. The number of hydrogen-bond acceptors (Lipinski definition) is 4. The average Bonchev–Trinajstić information content (AvgIpc) is 3.16. The van der Waals surface area contributed by atoms with Gasteiger partial charge in [0.1, 0.15) is 0 Å². The van der Waals surface area contributed by atoms with Crippen molar-refractivity contribution in [3.05, 3.63) is 16.1 Å². The maximum atomic E-state index is 13.2. The van der Waals surface area contributed by atoms with Gasteiger partial charge in [0.05, 0.1) is 16.6 Å². The van der Waals surface area contributed by atoms with Crippen molar-refractivity contribution in [2.24, 2.45) is 10.8 Å². The minimum Gasteiger partial charge on any atom is -0.342 e. The number of likely N-dealkylation sites (tertiary alicyclic amines) is 2. The summed E-state index contributed by atoms with van der Waals surface area (Å²) in [7, 11) is 0. The molecule has 2 amide bonds. The summed E-state index contributed by atoms with van der Waals surface area (Å²) in [6.45, 7) is 11.5. The molecule has 0 aliphatic carbocycles. The zero-order chi connectivity index (χ0) is 18.9. The van der Waals surface area contributed by atoms with Crippen LogP contribution in [-0.2, 0) is 16.0 Å². The van der Waals surface area contributed by atoms with Gasteiger partial charge in [0, 0.05) is 37.5 Å². The first-order chi connectivity index (χ1) is 12.2. The summed E-state index contributed by atoms with van der Waals surface area (Å²) < 4.78 is 0. The molecular weight excluding hydrogens is 346 g/mol. The number of aromatic nitrogens is 1. The third kappa shape index (κ3) is 4.11. The second kappa shape index (κ2) is 7.29. The van der Waals surface area contributed by atoms with E-state index in [0.717, 1.165) is 51.0 Å². The van der Waals surface area contributed by atoms with E-state index in [1.807, 2.05) is 22.2 Å². The van der Waals surface area contributed by atoms with E-state index in [0.29, 0.717) is 13.0 Å². The second-order valence-electron chi connectivity index (χ2n) is 9.10. The molecule has 6 heteroatoms. The van der Waals surface area contributed by atoms with Crippen LogP contribution in [0.4, 0.5) is 0 Å². The molecule has 2 saturated heterocycles. The van der Waals surface area contributed by atoms with Gasteiger partial charge in [-0.05, 0) is 38.0 Å². The van der Waals surface area contributed by atoms with Gasteiger partial charge in [-0.25, -0.2) is 4.98 Å². The van der Waals surface area contributed by atoms with Gasteiger partial charge in [-0.3, -0.25) is 9.59 Å². The van der Waals surface area contributed by atoms with Gasteiger partial charge < -0.3 is 9.80 Å². The molecule has 3 heterocycles. The van der Waals surface area contributed by atoms with Gasteiger partial charge in [-0.2, -0.15) is 0 Å². The largest absolute Gasteiger partial charge is 0.342 e. The van der Waals surface area contributed by atoms with E-state index in [1.54, 1.807) is 11.3 Å². The molecule has 2 fully saturated rings. The van der Waals surface area contributed by atoms with E-state index >= 15 is 0 Å². The summed E-state index contributed by atoms with van der Waals surface area (Å²) in [6.07, 6.45) is 4.05. The predicted octanol–water partition coefficient (Wildman–Crippen LogP) is 3.27. The Labute approximate surface area is 160 Å². The molecular formula is C20H31N3O2S. The lowest BCUT2D eigenvalue weighted by molar-refractivity contribution is -0.147. The number of hydrogen-bond donors (Lipinski definition) is 0. The molecule has 26 heavy (non-hydrogen) atoms. The summed E-state index contributed by atoms with van der Waals surface area (Å²) in [5, 5.41) is 0. The Morgan fingerprint density at radius 2 is 2.08 bits per heavy atom. The van der Waals surface area contributed by atoms with Crippen molar-refractivity contribution in [3.63, 3.8) is 0 Å². The van der Waals surface area contributed by atoms with E-state index in [-0.39, 0.29) is 22.6 Å². The standard InChI is InChI=1S/C20H31N3O2S/c1-15-16(26-14-21-15)6-7-17(24)22-11-9-20(13-22)8-5-10-23(18(20)25)12-19(2,3)4/h14H,5-13H2,1-4H3/t20-/m0/s1. The minimum absolute atomic E-state index is 0.106. The molecule has 2 aliphatic heterocycles. The van der Waals surface area contributed by atoms with Gasteiger partial charge in [-0.1, -0.05) is 20.8 Å². The summed E-state index contributed by atoms with van der Waals surface area (Å²) in [5.74, 6) is 0.447. The fraction of sp³-hybridized carbons (Fsp3) is 0.750. The summed E-state index contributed by atoms with van der Waals surface area (Å²) in [4.78, 5) is 35.3. The van der Waals surface area contributed by atoms with Crippen molar-refractivity contribution >= 4 is 23.2 Å². The molecule has 144 valence electrons. The minimum atomic E-state index is -0.334. The highest BCUT2D eigenvalue weighted by Gasteiger charge is 2.49. The van der Waals surface area contributed by atoms with Crippen LogP contribution in [0.5, 0.6) is 0 Å². The normalized spacial score (nSPS) is 23.9. The van der Waals surface area contributed by atoms with Crippen LogP contribution in [0.15, 0.2) is 5.51 Å². The lowest BCUT2D eigenvalue weighted by Gasteiger charge is -2.41. The van der Waals surface area contributed by atoms with Crippen LogP contribution < -0.4 is 0 Å². The van der Waals surface area contributed by atoms with Crippen LogP contribution in [0.2, 0.25) is 0 Å². The molecule has 0 radical (unpaired) electrons.